The molecule has 19 heavy (non-hydrogen) atoms. The zero-order chi connectivity index (χ0) is 13.3. The molecule has 1 heterocycles. The van der Waals surface area contributed by atoms with Crippen LogP contribution >= 0.6 is 0 Å². The Kier molecular flexibility index (Phi) is 3.40. The van der Waals surface area contributed by atoms with Gasteiger partial charge in [-0.2, -0.15) is 0 Å². The van der Waals surface area contributed by atoms with Crippen molar-refractivity contribution in [2.45, 2.75) is 32.1 Å². The Balaban J connectivity index is 1.74. The van der Waals surface area contributed by atoms with Crippen LogP contribution in [0.3, 0.4) is 0 Å². The van der Waals surface area contributed by atoms with E-state index in [2.05, 4.69) is 30.1 Å². The minimum absolute atomic E-state index is 0.140. The van der Waals surface area contributed by atoms with E-state index in [0.29, 0.717) is 6.61 Å². The number of fused-ring (bicyclic) bond motifs is 1. The smallest absolute Gasteiger partial charge is 0.122 e. The molecule has 0 atom stereocenters. The summed E-state index contributed by atoms with van der Waals surface area (Å²) in [4.78, 5) is 2.28. The molecular weight excluding hydrogens is 238 g/mol. The van der Waals surface area contributed by atoms with Gasteiger partial charge in [0.15, 0.2) is 0 Å². The molecule has 0 saturated heterocycles. The van der Waals surface area contributed by atoms with Gasteiger partial charge in [0.05, 0.1) is 13.2 Å². The molecule has 0 amide bonds. The minimum Gasteiger partial charge on any atom is -0.493 e. The number of rotatable bonds is 4. The van der Waals surface area contributed by atoms with Gasteiger partial charge in [-0.3, -0.25) is 0 Å². The lowest BCUT2D eigenvalue weighted by molar-refractivity contribution is 0.0524. The first-order valence-corrected chi connectivity index (χ1v) is 7.30. The third-order valence-corrected chi connectivity index (χ3v) is 4.66. The fourth-order valence-electron chi connectivity index (χ4n) is 3.22. The van der Waals surface area contributed by atoms with E-state index in [1.807, 2.05) is 0 Å². The quantitative estimate of drug-likeness (QED) is 0.904. The van der Waals surface area contributed by atoms with Crippen molar-refractivity contribution >= 4 is 5.69 Å². The highest BCUT2D eigenvalue weighted by Crippen LogP contribution is 2.41. The first-order chi connectivity index (χ1) is 9.22. The molecule has 0 aromatic heterocycles. The average molecular weight is 261 g/mol. The zero-order valence-electron chi connectivity index (χ0n) is 11.7. The second-order valence-corrected chi connectivity index (χ2v) is 6.11. The number of aliphatic hydroxyl groups is 1. The van der Waals surface area contributed by atoms with E-state index in [4.69, 9.17) is 4.74 Å². The lowest BCUT2D eigenvalue weighted by Crippen LogP contribution is -2.43. The summed E-state index contributed by atoms with van der Waals surface area (Å²) in [6.45, 7) is 2.10. The van der Waals surface area contributed by atoms with E-state index in [1.165, 1.54) is 17.7 Å². The number of hydrogen-bond acceptors (Lipinski definition) is 3. The molecule has 3 rings (SSSR count). The lowest BCUT2D eigenvalue weighted by Gasteiger charge is -2.43. The van der Waals surface area contributed by atoms with Gasteiger partial charge in [0.2, 0.25) is 0 Å². The number of aliphatic hydroxyl groups excluding tert-OH is 1. The van der Waals surface area contributed by atoms with Crippen molar-refractivity contribution in [1.29, 1.82) is 0 Å². The number of aryl methyl sites for hydroxylation is 1. The second-order valence-electron chi connectivity index (χ2n) is 6.11. The third-order valence-electron chi connectivity index (χ3n) is 4.66. The molecule has 1 N–H and O–H groups in total. The van der Waals surface area contributed by atoms with Crippen LogP contribution in [0.4, 0.5) is 5.69 Å². The number of nitrogens with zero attached hydrogens (tertiary/aromatic N) is 1. The monoisotopic (exact) mass is 261 g/mol. The SMILES string of the molecule is CN(CC1(CO)CCC1)c1ccc2c(c1)CCCO2. The largest absolute Gasteiger partial charge is 0.493 e. The third kappa shape index (κ3) is 2.44. The normalized spacial score (nSPS) is 20.1. The van der Waals surface area contributed by atoms with Gasteiger partial charge in [0.1, 0.15) is 5.75 Å². The molecule has 104 valence electrons. The van der Waals surface area contributed by atoms with Crippen LogP contribution in [-0.2, 0) is 6.42 Å². The summed E-state index contributed by atoms with van der Waals surface area (Å²) in [5.74, 6) is 1.05. The standard InChI is InChI=1S/C16H23NO2/c1-17(11-16(12-18)7-3-8-16)14-5-6-15-13(10-14)4-2-9-19-15/h5-6,10,18H,2-4,7-9,11-12H2,1H3. The topological polar surface area (TPSA) is 32.7 Å². The van der Waals surface area contributed by atoms with Crippen LogP contribution in [0, 0.1) is 5.41 Å². The molecule has 3 heteroatoms. The van der Waals surface area contributed by atoms with Crippen molar-refractivity contribution < 1.29 is 9.84 Å². The van der Waals surface area contributed by atoms with Gasteiger partial charge in [-0.1, -0.05) is 6.42 Å². The van der Waals surface area contributed by atoms with Gasteiger partial charge in [-0.25, -0.2) is 0 Å². The minimum atomic E-state index is 0.140. The lowest BCUT2D eigenvalue weighted by atomic mass is 9.69. The number of benzene rings is 1. The van der Waals surface area contributed by atoms with Crippen molar-refractivity contribution in [3.05, 3.63) is 23.8 Å². The van der Waals surface area contributed by atoms with Crippen molar-refractivity contribution in [2.24, 2.45) is 5.41 Å². The summed E-state index contributed by atoms with van der Waals surface area (Å²) in [6, 6.07) is 6.47. The van der Waals surface area contributed by atoms with E-state index >= 15 is 0 Å². The van der Waals surface area contributed by atoms with Crippen LogP contribution in [0.15, 0.2) is 18.2 Å². The molecule has 0 bridgehead atoms. The maximum atomic E-state index is 9.58. The Labute approximate surface area is 115 Å². The molecular formula is C16H23NO2. The van der Waals surface area contributed by atoms with Gasteiger partial charge >= 0.3 is 0 Å². The molecule has 1 aromatic carbocycles. The van der Waals surface area contributed by atoms with E-state index in [9.17, 15) is 5.11 Å². The highest BCUT2D eigenvalue weighted by atomic mass is 16.5. The average Bonchev–Trinajstić information content (AvgIpc) is 2.42. The Morgan fingerprint density at radius 1 is 1.32 bits per heavy atom. The summed E-state index contributed by atoms with van der Waals surface area (Å²) < 4.78 is 5.65. The van der Waals surface area contributed by atoms with Crippen LogP contribution in [0.25, 0.3) is 0 Å². The molecule has 0 spiro atoms. The highest BCUT2D eigenvalue weighted by molar-refractivity contribution is 5.53. The van der Waals surface area contributed by atoms with Gasteiger partial charge in [-0.05, 0) is 49.4 Å². The number of ether oxygens (including phenoxy) is 1. The number of anilines is 1. The highest BCUT2D eigenvalue weighted by Gasteiger charge is 2.37. The summed E-state index contributed by atoms with van der Waals surface area (Å²) in [7, 11) is 2.13. The Morgan fingerprint density at radius 3 is 2.84 bits per heavy atom. The van der Waals surface area contributed by atoms with Crippen molar-refractivity contribution in [2.75, 3.05) is 31.7 Å². The summed E-state index contributed by atoms with van der Waals surface area (Å²) in [5, 5.41) is 9.58. The summed E-state index contributed by atoms with van der Waals surface area (Å²) in [6.07, 6.45) is 5.79. The van der Waals surface area contributed by atoms with Gasteiger partial charge in [-0.15, -0.1) is 0 Å². The first kappa shape index (κ1) is 12.8. The molecule has 0 unspecified atom stereocenters. The zero-order valence-corrected chi connectivity index (χ0v) is 11.7. The molecule has 2 aliphatic rings. The first-order valence-electron chi connectivity index (χ1n) is 7.30. The van der Waals surface area contributed by atoms with E-state index in [-0.39, 0.29) is 5.41 Å². The predicted octanol–water partition coefficient (Wildman–Crippen LogP) is 2.61. The van der Waals surface area contributed by atoms with Gasteiger partial charge < -0.3 is 14.7 Å². The van der Waals surface area contributed by atoms with Crippen LogP contribution < -0.4 is 9.64 Å². The van der Waals surface area contributed by atoms with Crippen molar-refractivity contribution in [1.82, 2.24) is 0 Å². The van der Waals surface area contributed by atoms with Crippen LogP contribution in [0.2, 0.25) is 0 Å². The second kappa shape index (κ2) is 5.04. The van der Waals surface area contributed by atoms with Crippen LogP contribution in [0.5, 0.6) is 5.75 Å². The van der Waals surface area contributed by atoms with Crippen LogP contribution in [-0.4, -0.2) is 31.9 Å². The fraction of sp³-hybridized carbons (Fsp3) is 0.625. The number of hydrogen-bond donors (Lipinski definition) is 1. The molecule has 1 aromatic rings. The van der Waals surface area contributed by atoms with Crippen molar-refractivity contribution in [3.8, 4) is 5.75 Å². The maximum absolute atomic E-state index is 9.58. The van der Waals surface area contributed by atoms with Gasteiger partial charge in [0, 0.05) is 24.7 Å². The van der Waals surface area contributed by atoms with Crippen molar-refractivity contribution in [3.63, 3.8) is 0 Å². The Morgan fingerprint density at radius 2 is 2.16 bits per heavy atom. The molecule has 1 aliphatic heterocycles. The van der Waals surface area contributed by atoms with Gasteiger partial charge in [0.25, 0.3) is 0 Å². The maximum Gasteiger partial charge on any atom is 0.122 e. The molecule has 0 radical (unpaired) electrons. The fourth-order valence-corrected chi connectivity index (χ4v) is 3.22. The molecule has 1 aliphatic carbocycles. The Hall–Kier alpha value is -1.22. The summed E-state index contributed by atoms with van der Waals surface area (Å²) >= 11 is 0. The predicted molar refractivity (Wildman–Crippen MR) is 76.9 cm³/mol. The van der Waals surface area contributed by atoms with Crippen LogP contribution in [0.1, 0.15) is 31.2 Å². The Bertz CT molecular complexity index is 449. The van der Waals surface area contributed by atoms with E-state index in [0.717, 1.165) is 44.6 Å². The van der Waals surface area contributed by atoms with E-state index in [1.54, 1.807) is 0 Å². The summed E-state index contributed by atoms with van der Waals surface area (Å²) in [5.41, 5.74) is 2.70. The molecule has 1 fully saturated rings. The van der Waals surface area contributed by atoms with E-state index < -0.39 is 0 Å². The molecule has 1 saturated carbocycles. The molecule has 3 nitrogen and oxygen atoms in total.